The highest BCUT2D eigenvalue weighted by Crippen LogP contribution is 2.18. The van der Waals surface area contributed by atoms with Crippen molar-refractivity contribution in [2.24, 2.45) is 0 Å². The molecule has 3 nitrogen and oxygen atoms in total. The van der Waals surface area contributed by atoms with Gasteiger partial charge in [0.05, 0.1) is 13.2 Å². The summed E-state index contributed by atoms with van der Waals surface area (Å²) in [5, 5.41) is 3.25. The third kappa shape index (κ3) is 6.18. The van der Waals surface area contributed by atoms with Crippen LogP contribution in [-0.2, 0) is 9.47 Å². The van der Waals surface area contributed by atoms with Crippen LogP contribution < -0.4 is 5.32 Å². The quantitative estimate of drug-likeness (QED) is 0.576. The third-order valence-electron chi connectivity index (χ3n) is 2.14. The fourth-order valence-electron chi connectivity index (χ4n) is 1.27. The zero-order chi connectivity index (χ0) is 12.5. The average molecular weight is 353 g/mol. The number of methoxy groups -OCH3 is 1. The Hall–Kier alpha value is -0.400. The van der Waals surface area contributed by atoms with Gasteiger partial charge >= 0.3 is 0 Å². The predicted octanol–water partition coefficient (Wildman–Crippen LogP) is 2.90. The summed E-state index contributed by atoms with van der Waals surface area (Å²) in [6, 6.07) is 4.72. The van der Waals surface area contributed by atoms with E-state index in [4.69, 9.17) is 9.47 Å². The highest BCUT2D eigenvalue weighted by molar-refractivity contribution is 14.1. The zero-order valence-corrected chi connectivity index (χ0v) is 12.0. The second-order valence-corrected chi connectivity index (χ2v) is 4.67. The van der Waals surface area contributed by atoms with Crippen LogP contribution in [0.25, 0.3) is 0 Å². The molecule has 1 N–H and O–H groups in total. The van der Waals surface area contributed by atoms with Crippen molar-refractivity contribution in [3.05, 3.63) is 27.6 Å². The van der Waals surface area contributed by atoms with E-state index < -0.39 is 0 Å². The molecular weight excluding hydrogens is 336 g/mol. The maximum absolute atomic E-state index is 12.8. The molecule has 0 spiro atoms. The molecule has 17 heavy (non-hydrogen) atoms. The maximum Gasteiger partial charge on any atom is 0.124 e. The van der Waals surface area contributed by atoms with Gasteiger partial charge in [0.25, 0.3) is 0 Å². The summed E-state index contributed by atoms with van der Waals surface area (Å²) < 4.78 is 23.9. The lowest BCUT2D eigenvalue weighted by atomic mass is 10.3. The lowest BCUT2D eigenvalue weighted by molar-refractivity contribution is 0.0705. The minimum atomic E-state index is -0.206. The van der Waals surface area contributed by atoms with Crippen molar-refractivity contribution < 1.29 is 13.9 Å². The van der Waals surface area contributed by atoms with Crippen LogP contribution in [0.4, 0.5) is 10.1 Å². The lowest BCUT2D eigenvalue weighted by Gasteiger charge is -2.08. The Kier molecular flexibility index (Phi) is 7.46. The van der Waals surface area contributed by atoms with Gasteiger partial charge in [0.1, 0.15) is 5.82 Å². The summed E-state index contributed by atoms with van der Waals surface area (Å²) in [5.41, 5.74) is 0.962. The number of ether oxygens (including phenoxy) is 2. The number of benzene rings is 1. The normalized spacial score (nSPS) is 10.5. The standard InChI is InChI=1S/C12H17FINO2/c1-16-7-8-17-6-2-5-15-12-4-3-10(13)9-11(12)14/h3-4,9,15H,2,5-8H2,1H3. The number of hydrogen-bond donors (Lipinski definition) is 1. The summed E-state index contributed by atoms with van der Waals surface area (Å²) in [4.78, 5) is 0. The van der Waals surface area contributed by atoms with E-state index in [9.17, 15) is 4.39 Å². The molecule has 0 aliphatic heterocycles. The number of halogens is 2. The van der Waals surface area contributed by atoms with Gasteiger partial charge in [-0.1, -0.05) is 0 Å². The molecule has 0 atom stereocenters. The first-order valence-electron chi connectivity index (χ1n) is 5.49. The van der Waals surface area contributed by atoms with Gasteiger partial charge in [0.2, 0.25) is 0 Å². The first kappa shape index (κ1) is 14.7. The monoisotopic (exact) mass is 353 g/mol. The van der Waals surface area contributed by atoms with Crippen LogP contribution in [0.1, 0.15) is 6.42 Å². The Bertz CT molecular complexity index is 336. The topological polar surface area (TPSA) is 30.5 Å². The Morgan fingerprint density at radius 3 is 2.82 bits per heavy atom. The molecule has 96 valence electrons. The van der Waals surface area contributed by atoms with E-state index in [1.165, 1.54) is 12.1 Å². The van der Waals surface area contributed by atoms with Gasteiger partial charge in [-0.05, 0) is 47.2 Å². The molecule has 1 aromatic rings. The van der Waals surface area contributed by atoms with Crippen LogP contribution in [0.2, 0.25) is 0 Å². The Morgan fingerprint density at radius 2 is 2.12 bits per heavy atom. The van der Waals surface area contributed by atoms with Crippen LogP contribution in [-0.4, -0.2) is 33.5 Å². The van der Waals surface area contributed by atoms with E-state index in [1.807, 2.05) is 0 Å². The first-order valence-corrected chi connectivity index (χ1v) is 6.57. The minimum Gasteiger partial charge on any atom is -0.384 e. The molecule has 0 aliphatic rings. The maximum atomic E-state index is 12.8. The van der Waals surface area contributed by atoms with E-state index >= 15 is 0 Å². The molecule has 0 heterocycles. The SMILES string of the molecule is COCCOCCCNc1ccc(F)cc1I. The van der Waals surface area contributed by atoms with Gasteiger partial charge in [-0.25, -0.2) is 4.39 Å². The minimum absolute atomic E-state index is 0.206. The number of hydrogen-bond acceptors (Lipinski definition) is 3. The summed E-state index contributed by atoms with van der Waals surface area (Å²) in [7, 11) is 1.65. The molecule has 0 bridgehead atoms. The van der Waals surface area contributed by atoms with Gasteiger partial charge in [0, 0.05) is 29.5 Å². The molecule has 0 radical (unpaired) electrons. The molecule has 5 heteroatoms. The van der Waals surface area contributed by atoms with Crippen LogP contribution >= 0.6 is 22.6 Å². The van der Waals surface area contributed by atoms with Crippen molar-refractivity contribution in [3.8, 4) is 0 Å². The fraction of sp³-hybridized carbons (Fsp3) is 0.500. The number of rotatable bonds is 8. The smallest absolute Gasteiger partial charge is 0.124 e. The fourth-order valence-corrected chi connectivity index (χ4v) is 1.94. The highest BCUT2D eigenvalue weighted by Gasteiger charge is 2.00. The number of nitrogens with one attached hydrogen (secondary N) is 1. The lowest BCUT2D eigenvalue weighted by Crippen LogP contribution is -2.09. The molecular formula is C12H17FINO2. The molecule has 0 fully saturated rings. The van der Waals surface area contributed by atoms with Crippen molar-refractivity contribution in [1.82, 2.24) is 0 Å². The molecule has 0 amide bonds. The zero-order valence-electron chi connectivity index (χ0n) is 9.84. The van der Waals surface area contributed by atoms with Crippen LogP contribution in [0, 0.1) is 9.39 Å². The van der Waals surface area contributed by atoms with Crippen molar-refractivity contribution >= 4 is 28.3 Å². The molecule has 0 saturated heterocycles. The predicted molar refractivity (Wildman–Crippen MR) is 74.9 cm³/mol. The van der Waals surface area contributed by atoms with Gasteiger partial charge < -0.3 is 14.8 Å². The van der Waals surface area contributed by atoms with Crippen molar-refractivity contribution in [2.75, 3.05) is 38.8 Å². The molecule has 0 aromatic heterocycles. The molecule has 0 unspecified atom stereocenters. The second-order valence-electron chi connectivity index (χ2n) is 3.51. The Morgan fingerprint density at radius 1 is 1.29 bits per heavy atom. The van der Waals surface area contributed by atoms with E-state index in [2.05, 4.69) is 27.9 Å². The van der Waals surface area contributed by atoms with Crippen LogP contribution in [0.3, 0.4) is 0 Å². The first-order chi connectivity index (χ1) is 8.24. The van der Waals surface area contributed by atoms with Crippen molar-refractivity contribution in [1.29, 1.82) is 0 Å². The van der Waals surface area contributed by atoms with E-state index in [0.717, 1.165) is 22.2 Å². The molecule has 1 aromatic carbocycles. The van der Waals surface area contributed by atoms with Gasteiger partial charge in [-0.15, -0.1) is 0 Å². The van der Waals surface area contributed by atoms with Gasteiger partial charge in [-0.3, -0.25) is 0 Å². The molecule has 0 saturated carbocycles. The molecule has 1 rings (SSSR count). The molecule has 0 aliphatic carbocycles. The summed E-state index contributed by atoms with van der Waals surface area (Å²) >= 11 is 2.12. The van der Waals surface area contributed by atoms with Crippen molar-refractivity contribution in [3.63, 3.8) is 0 Å². The highest BCUT2D eigenvalue weighted by atomic mass is 127. The third-order valence-corrected chi connectivity index (χ3v) is 3.04. The van der Waals surface area contributed by atoms with Crippen molar-refractivity contribution in [2.45, 2.75) is 6.42 Å². The summed E-state index contributed by atoms with van der Waals surface area (Å²) in [6.07, 6.45) is 0.914. The van der Waals surface area contributed by atoms with Crippen LogP contribution in [0.5, 0.6) is 0 Å². The van der Waals surface area contributed by atoms with E-state index in [1.54, 1.807) is 13.2 Å². The summed E-state index contributed by atoms with van der Waals surface area (Å²) in [5.74, 6) is -0.206. The largest absolute Gasteiger partial charge is 0.384 e. The van der Waals surface area contributed by atoms with Gasteiger partial charge in [-0.2, -0.15) is 0 Å². The van der Waals surface area contributed by atoms with E-state index in [0.29, 0.717) is 19.8 Å². The average Bonchev–Trinajstić information content (AvgIpc) is 2.30. The summed E-state index contributed by atoms with van der Waals surface area (Å²) in [6.45, 7) is 2.77. The Labute approximate surface area is 115 Å². The van der Waals surface area contributed by atoms with Gasteiger partial charge in [0.15, 0.2) is 0 Å². The second kappa shape index (κ2) is 8.66. The Balaban J connectivity index is 2.14. The number of anilines is 1. The van der Waals surface area contributed by atoms with Crippen LogP contribution in [0.15, 0.2) is 18.2 Å². The van der Waals surface area contributed by atoms with E-state index in [-0.39, 0.29) is 5.82 Å².